The number of piperidine rings is 1. The summed E-state index contributed by atoms with van der Waals surface area (Å²) in [6, 6.07) is 2.58. The lowest BCUT2D eigenvalue weighted by Gasteiger charge is -2.33. The number of ether oxygens (including phenoxy) is 1. The van der Waals surface area contributed by atoms with Crippen molar-refractivity contribution in [2.75, 3.05) is 6.61 Å². The minimum Gasteiger partial charge on any atom is -0.372 e. The SMILES string of the molecule is Cn1cc([C@@H]2OCC[C@H]2NC2CC3CCC(C2)N3)cn1. The second-order valence-electron chi connectivity index (χ2n) is 6.61. The van der Waals surface area contributed by atoms with E-state index >= 15 is 0 Å². The Hall–Kier alpha value is -0.910. The van der Waals surface area contributed by atoms with Gasteiger partial charge in [0, 0.05) is 49.6 Å². The van der Waals surface area contributed by atoms with E-state index in [0.29, 0.717) is 12.1 Å². The van der Waals surface area contributed by atoms with E-state index in [0.717, 1.165) is 25.1 Å². The minimum absolute atomic E-state index is 0.177. The summed E-state index contributed by atoms with van der Waals surface area (Å²) in [4.78, 5) is 0. The van der Waals surface area contributed by atoms with Crippen LogP contribution in [0.2, 0.25) is 0 Å². The van der Waals surface area contributed by atoms with Gasteiger partial charge in [0.2, 0.25) is 0 Å². The van der Waals surface area contributed by atoms with E-state index in [2.05, 4.69) is 21.9 Å². The highest BCUT2D eigenvalue weighted by Gasteiger charge is 2.37. The van der Waals surface area contributed by atoms with Gasteiger partial charge in [-0.3, -0.25) is 4.68 Å². The van der Waals surface area contributed by atoms with E-state index < -0.39 is 0 Å². The molecule has 5 heteroatoms. The van der Waals surface area contributed by atoms with Gasteiger partial charge in [-0.1, -0.05) is 0 Å². The van der Waals surface area contributed by atoms with E-state index in [4.69, 9.17) is 4.74 Å². The Kier molecular flexibility index (Phi) is 3.28. The summed E-state index contributed by atoms with van der Waals surface area (Å²) >= 11 is 0. The fraction of sp³-hybridized carbons (Fsp3) is 0.800. The number of rotatable bonds is 3. The molecule has 2 N–H and O–H groups in total. The van der Waals surface area contributed by atoms with E-state index in [-0.39, 0.29) is 6.10 Å². The monoisotopic (exact) mass is 276 g/mol. The van der Waals surface area contributed by atoms with Gasteiger partial charge in [-0.05, 0) is 32.1 Å². The molecule has 4 rings (SSSR count). The molecule has 0 aromatic carbocycles. The van der Waals surface area contributed by atoms with Crippen LogP contribution in [0.3, 0.4) is 0 Å². The molecule has 3 aliphatic rings. The van der Waals surface area contributed by atoms with Crippen LogP contribution in [0, 0.1) is 0 Å². The van der Waals surface area contributed by atoms with Crippen LogP contribution in [-0.2, 0) is 11.8 Å². The molecule has 110 valence electrons. The van der Waals surface area contributed by atoms with Crippen molar-refractivity contribution >= 4 is 0 Å². The van der Waals surface area contributed by atoms with Crippen molar-refractivity contribution in [2.45, 2.75) is 62.4 Å². The van der Waals surface area contributed by atoms with Crippen LogP contribution >= 0.6 is 0 Å². The van der Waals surface area contributed by atoms with E-state index in [1.807, 2.05) is 17.9 Å². The van der Waals surface area contributed by atoms with Gasteiger partial charge in [-0.15, -0.1) is 0 Å². The number of fused-ring (bicyclic) bond motifs is 2. The van der Waals surface area contributed by atoms with Crippen molar-refractivity contribution in [3.63, 3.8) is 0 Å². The molecule has 0 amide bonds. The topological polar surface area (TPSA) is 51.1 Å². The molecule has 2 unspecified atom stereocenters. The zero-order chi connectivity index (χ0) is 13.5. The van der Waals surface area contributed by atoms with E-state index in [1.165, 1.54) is 31.2 Å². The lowest BCUT2D eigenvalue weighted by molar-refractivity contribution is 0.0942. The second kappa shape index (κ2) is 5.13. The third-order valence-electron chi connectivity index (χ3n) is 5.07. The third kappa shape index (κ3) is 2.38. The molecule has 3 saturated heterocycles. The molecular weight excluding hydrogens is 252 g/mol. The number of aryl methyl sites for hydroxylation is 1. The quantitative estimate of drug-likeness (QED) is 0.869. The molecule has 0 radical (unpaired) electrons. The van der Waals surface area contributed by atoms with Crippen molar-refractivity contribution in [1.29, 1.82) is 0 Å². The third-order valence-corrected chi connectivity index (χ3v) is 5.07. The average molecular weight is 276 g/mol. The highest BCUT2D eigenvalue weighted by molar-refractivity contribution is 5.13. The number of nitrogens with zero attached hydrogens (tertiary/aromatic N) is 2. The van der Waals surface area contributed by atoms with Crippen molar-refractivity contribution in [3.8, 4) is 0 Å². The van der Waals surface area contributed by atoms with Crippen molar-refractivity contribution < 1.29 is 4.74 Å². The normalized spacial score (nSPS) is 40.4. The molecule has 0 saturated carbocycles. The summed E-state index contributed by atoms with van der Waals surface area (Å²) in [6.45, 7) is 0.856. The molecule has 3 aliphatic heterocycles. The van der Waals surface area contributed by atoms with Crippen LogP contribution in [-0.4, -0.2) is 40.6 Å². The van der Waals surface area contributed by atoms with Gasteiger partial charge in [0.25, 0.3) is 0 Å². The van der Waals surface area contributed by atoms with Gasteiger partial charge in [0.15, 0.2) is 0 Å². The first-order chi connectivity index (χ1) is 9.78. The summed E-state index contributed by atoms with van der Waals surface area (Å²) in [7, 11) is 1.96. The van der Waals surface area contributed by atoms with Gasteiger partial charge < -0.3 is 15.4 Å². The molecule has 3 fully saturated rings. The Morgan fingerprint density at radius 1 is 1.30 bits per heavy atom. The number of aromatic nitrogens is 2. The van der Waals surface area contributed by atoms with Crippen LogP contribution in [0.15, 0.2) is 12.4 Å². The van der Waals surface area contributed by atoms with Crippen molar-refractivity contribution in [2.24, 2.45) is 7.05 Å². The summed E-state index contributed by atoms with van der Waals surface area (Å²) < 4.78 is 7.80. The Morgan fingerprint density at radius 2 is 2.10 bits per heavy atom. The molecule has 0 aliphatic carbocycles. The fourth-order valence-electron chi connectivity index (χ4n) is 4.17. The second-order valence-corrected chi connectivity index (χ2v) is 6.61. The zero-order valence-corrected chi connectivity index (χ0v) is 12.1. The minimum atomic E-state index is 0.177. The molecule has 5 nitrogen and oxygen atoms in total. The smallest absolute Gasteiger partial charge is 0.101 e. The first kappa shape index (κ1) is 12.8. The molecule has 4 atom stereocenters. The number of hydrogen-bond acceptors (Lipinski definition) is 4. The maximum Gasteiger partial charge on any atom is 0.101 e. The molecular formula is C15H24N4O. The molecule has 4 heterocycles. The lowest BCUT2D eigenvalue weighted by Crippen LogP contribution is -2.49. The first-order valence-electron chi connectivity index (χ1n) is 7.90. The van der Waals surface area contributed by atoms with Crippen LogP contribution in [0.25, 0.3) is 0 Å². The molecule has 20 heavy (non-hydrogen) atoms. The van der Waals surface area contributed by atoms with Gasteiger partial charge in [0.1, 0.15) is 6.10 Å². The van der Waals surface area contributed by atoms with Crippen LogP contribution in [0.4, 0.5) is 0 Å². The predicted molar refractivity (Wildman–Crippen MR) is 76.4 cm³/mol. The van der Waals surface area contributed by atoms with Crippen molar-refractivity contribution in [3.05, 3.63) is 18.0 Å². The van der Waals surface area contributed by atoms with E-state index in [9.17, 15) is 0 Å². The lowest BCUT2D eigenvalue weighted by atomic mass is 9.96. The molecule has 1 aromatic heterocycles. The van der Waals surface area contributed by atoms with Crippen LogP contribution in [0.1, 0.15) is 43.8 Å². The average Bonchev–Trinajstić information content (AvgIpc) is 3.11. The van der Waals surface area contributed by atoms with Crippen molar-refractivity contribution in [1.82, 2.24) is 20.4 Å². The Morgan fingerprint density at radius 3 is 2.80 bits per heavy atom. The predicted octanol–water partition coefficient (Wildman–Crippen LogP) is 1.12. The highest BCUT2D eigenvalue weighted by Crippen LogP contribution is 2.32. The van der Waals surface area contributed by atoms with Gasteiger partial charge in [0.05, 0.1) is 6.20 Å². The zero-order valence-electron chi connectivity index (χ0n) is 12.1. The fourth-order valence-corrected chi connectivity index (χ4v) is 4.17. The molecule has 1 aromatic rings. The summed E-state index contributed by atoms with van der Waals surface area (Å²) in [5, 5.41) is 11.9. The van der Waals surface area contributed by atoms with Gasteiger partial charge >= 0.3 is 0 Å². The van der Waals surface area contributed by atoms with Crippen LogP contribution < -0.4 is 10.6 Å². The van der Waals surface area contributed by atoms with Crippen LogP contribution in [0.5, 0.6) is 0 Å². The highest BCUT2D eigenvalue weighted by atomic mass is 16.5. The Balaban J connectivity index is 1.42. The number of nitrogens with one attached hydrogen (secondary N) is 2. The molecule has 0 spiro atoms. The van der Waals surface area contributed by atoms with Gasteiger partial charge in [-0.2, -0.15) is 5.10 Å². The standard InChI is InChI=1S/C15H24N4O/c1-19-9-10(8-16-19)15-14(4-5-20-15)18-13-6-11-2-3-12(7-13)17-11/h8-9,11-15,17-18H,2-7H2,1H3/t11?,12?,13?,14-,15+/m1/s1. The summed E-state index contributed by atoms with van der Waals surface area (Å²) in [5.74, 6) is 0. The molecule has 2 bridgehead atoms. The summed E-state index contributed by atoms with van der Waals surface area (Å²) in [5.41, 5.74) is 1.21. The Bertz CT molecular complexity index is 462. The maximum atomic E-state index is 5.94. The van der Waals surface area contributed by atoms with Gasteiger partial charge in [-0.25, -0.2) is 0 Å². The van der Waals surface area contributed by atoms with E-state index in [1.54, 1.807) is 0 Å². The summed E-state index contributed by atoms with van der Waals surface area (Å²) in [6.07, 6.45) is 10.6. The largest absolute Gasteiger partial charge is 0.372 e. The maximum absolute atomic E-state index is 5.94. The first-order valence-corrected chi connectivity index (χ1v) is 7.90. The number of hydrogen-bond donors (Lipinski definition) is 2. The Labute approximate surface area is 120 Å².